The van der Waals surface area contributed by atoms with Crippen LogP contribution in [0, 0.1) is 0 Å². The Kier molecular flexibility index (Phi) is 5.26. The SMILES string of the molecule is C[C@@H](OC(=O)[C@@H](C)Oc1ccccc1)C(=O)Nc1ccc2c(c1)OCO2. The Balaban J connectivity index is 1.52. The van der Waals surface area contributed by atoms with E-state index in [1.54, 1.807) is 49.4 Å². The van der Waals surface area contributed by atoms with Crippen LogP contribution in [0.15, 0.2) is 48.5 Å². The molecule has 0 saturated heterocycles. The molecule has 0 radical (unpaired) electrons. The quantitative estimate of drug-likeness (QED) is 0.801. The summed E-state index contributed by atoms with van der Waals surface area (Å²) in [5.41, 5.74) is 0.524. The largest absolute Gasteiger partial charge is 0.479 e. The first kappa shape index (κ1) is 17.6. The van der Waals surface area contributed by atoms with E-state index in [1.807, 2.05) is 6.07 Å². The van der Waals surface area contributed by atoms with Gasteiger partial charge in [-0.1, -0.05) is 18.2 Å². The molecule has 0 fully saturated rings. The smallest absolute Gasteiger partial charge is 0.347 e. The molecule has 1 amide bonds. The molecule has 0 unspecified atom stereocenters. The highest BCUT2D eigenvalue weighted by atomic mass is 16.7. The first-order chi connectivity index (χ1) is 12.5. The van der Waals surface area contributed by atoms with E-state index in [9.17, 15) is 9.59 Å². The van der Waals surface area contributed by atoms with E-state index in [0.29, 0.717) is 22.9 Å². The van der Waals surface area contributed by atoms with E-state index < -0.39 is 24.1 Å². The second kappa shape index (κ2) is 7.77. The van der Waals surface area contributed by atoms with Crippen molar-refractivity contribution in [3.05, 3.63) is 48.5 Å². The lowest BCUT2D eigenvalue weighted by molar-refractivity contribution is -0.159. The molecule has 0 aromatic heterocycles. The first-order valence-electron chi connectivity index (χ1n) is 8.15. The number of rotatable bonds is 6. The summed E-state index contributed by atoms with van der Waals surface area (Å²) in [6.45, 7) is 3.22. The average molecular weight is 357 g/mol. The lowest BCUT2D eigenvalue weighted by atomic mass is 10.2. The van der Waals surface area contributed by atoms with Crippen molar-refractivity contribution in [2.24, 2.45) is 0 Å². The van der Waals surface area contributed by atoms with Gasteiger partial charge in [0.05, 0.1) is 0 Å². The summed E-state index contributed by atoms with van der Waals surface area (Å²) in [6.07, 6.45) is -1.81. The second-order valence-electron chi connectivity index (χ2n) is 5.71. The van der Waals surface area contributed by atoms with Gasteiger partial charge in [0.2, 0.25) is 6.79 Å². The number of esters is 1. The number of para-hydroxylation sites is 1. The van der Waals surface area contributed by atoms with E-state index >= 15 is 0 Å². The van der Waals surface area contributed by atoms with Crippen LogP contribution in [0.5, 0.6) is 17.2 Å². The lowest BCUT2D eigenvalue weighted by Crippen LogP contribution is -2.35. The van der Waals surface area contributed by atoms with Crippen LogP contribution in [0.2, 0.25) is 0 Å². The standard InChI is InChI=1S/C19H19NO6/c1-12(26-19(22)13(2)25-15-6-4-3-5-7-15)18(21)20-14-8-9-16-17(10-14)24-11-23-16/h3-10,12-13H,11H2,1-2H3,(H,20,21)/t12-,13-/m1/s1. The molecule has 3 rings (SSSR count). The number of nitrogens with one attached hydrogen (secondary N) is 1. The fourth-order valence-corrected chi connectivity index (χ4v) is 2.29. The molecular weight excluding hydrogens is 338 g/mol. The van der Waals surface area contributed by atoms with Crippen molar-refractivity contribution in [2.45, 2.75) is 26.1 Å². The molecule has 2 aromatic rings. The van der Waals surface area contributed by atoms with Crippen LogP contribution in [-0.4, -0.2) is 30.9 Å². The van der Waals surface area contributed by atoms with Gasteiger partial charge in [-0.15, -0.1) is 0 Å². The number of hydrogen-bond acceptors (Lipinski definition) is 6. The molecule has 136 valence electrons. The summed E-state index contributed by atoms with van der Waals surface area (Å²) in [5, 5.41) is 2.67. The minimum atomic E-state index is -0.977. The molecule has 1 heterocycles. The summed E-state index contributed by atoms with van der Waals surface area (Å²) in [5.74, 6) is 0.646. The maximum atomic E-state index is 12.2. The van der Waals surface area contributed by atoms with Crippen LogP contribution >= 0.6 is 0 Å². The molecule has 0 spiro atoms. The molecule has 2 aromatic carbocycles. The molecule has 0 bridgehead atoms. The summed E-state index contributed by atoms with van der Waals surface area (Å²) in [4.78, 5) is 24.3. The molecule has 7 heteroatoms. The van der Waals surface area contributed by atoms with Crippen molar-refractivity contribution < 1.29 is 28.5 Å². The molecule has 7 nitrogen and oxygen atoms in total. The van der Waals surface area contributed by atoms with Gasteiger partial charge >= 0.3 is 5.97 Å². The monoisotopic (exact) mass is 357 g/mol. The van der Waals surface area contributed by atoms with Gasteiger partial charge < -0.3 is 24.3 Å². The van der Waals surface area contributed by atoms with Crippen molar-refractivity contribution in [3.63, 3.8) is 0 Å². The number of carbonyl (C=O) groups excluding carboxylic acids is 2. The number of carbonyl (C=O) groups is 2. The Morgan fingerprint density at radius 3 is 2.50 bits per heavy atom. The van der Waals surface area contributed by atoms with Crippen LogP contribution in [-0.2, 0) is 14.3 Å². The highest BCUT2D eigenvalue weighted by molar-refractivity contribution is 5.95. The van der Waals surface area contributed by atoms with Crippen LogP contribution in [0.25, 0.3) is 0 Å². The van der Waals surface area contributed by atoms with Crippen molar-refractivity contribution in [1.29, 1.82) is 0 Å². The number of anilines is 1. The predicted octanol–water partition coefficient (Wildman–Crippen LogP) is 2.75. The van der Waals surface area contributed by atoms with Crippen LogP contribution in [0.1, 0.15) is 13.8 Å². The third-order valence-electron chi connectivity index (χ3n) is 3.69. The highest BCUT2D eigenvalue weighted by Crippen LogP contribution is 2.34. The van der Waals surface area contributed by atoms with Gasteiger partial charge in [-0.3, -0.25) is 4.79 Å². The fraction of sp³-hybridized carbons (Fsp3) is 0.263. The molecule has 26 heavy (non-hydrogen) atoms. The normalized spacial score (nSPS) is 14.2. The van der Waals surface area contributed by atoms with E-state index in [0.717, 1.165) is 0 Å². The summed E-state index contributed by atoms with van der Waals surface area (Å²) in [6, 6.07) is 13.9. The van der Waals surface area contributed by atoms with E-state index in [1.165, 1.54) is 6.92 Å². The lowest BCUT2D eigenvalue weighted by Gasteiger charge is -2.17. The Labute approximate surface area is 150 Å². The van der Waals surface area contributed by atoms with Crippen LogP contribution in [0.3, 0.4) is 0 Å². The summed E-state index contributed by atoms with van der Waals surface area (Å²) >= 11 is 0. The van der Waals surface area contributed by atoms with Crippen molar-refractivity contribution in [3.8, 4) is 17.2 Å². The first-order valence-corrected chi connectivity index (χ1v) is 8.15. The van der Waals surface area contributed by atoms with Crippen molar-refractivity contribution in [1.82, 2.24) is 0 Å². The molecule has 0 saturated carbocycles. The van der Waals surface area contributed by atoms with Gasteiger partial charge in [-0.25, -0.2) is 4.79 Å². The number of benzene rings is 2. The Hall–Kier alpha value is -3.22. The van der Waals surface area contributed by atoms with E-state index in [-0.39, 0.29) is 6.79 Å². The Morgan fingerprint density at radius 1 is 1.00 bits per heavy atom. The molecule has 1 N–H and O–H groups in total. The van der Waals surface area contributed by atoms with Crippen molar-refractivity contribution in [2.75, 3.05) is 12.1 Å². The summed E-state index contributed by atoms with van der Waals surface area (Å²) in [7, 11) is 0. The maximum Gasteiger partial charge on any atom is 0.347 e. The Bertz CT molecular complexity index is 792. The maximum absolute atomic E-state index is 12.2. The zero-order chi connectivity index (χ0) is 18.5. The Morgan fingerprint density at radius 2 is 1.73 bits per heavy atom. The van der Waals surface area contributed by atoms with Gasteiger partial charge in [0.1, 0.15) is 5.75 Å². The highest BCUT2D eigenvalue weighted by Gasteiger charge is 2.24. The van der Waals surface area contributed by atoms with Crippen LogP contribution in [0.4, 0.5) is 5.69 Å². The third kappa shape index (κ3) is 4.24. The third-order valence-corrected chi connectivity index (χ3v) is 3.69. The molecule has 1 aliphatic rings. The zero-order valence-electron chi connectivity index (χ0n) is 14.4. The molecule has 0 aliphatic carbocycles. The van der Waals surface area contributed by atoms with Gasteiger partial charge in [0.15, 0.2) is 23.7 Å². The number of fused-ring (bicyclic) bond motifs is 1. The van der Waals surface area contributed by atoms with Gasteiger partial charge in [-0.2, -0.15) is 0 Å². The molecular formula is C19H19NO6. The second-order valence-corrected chi connectivity index (χ2v) is 5.71. The molecule has 1 aliphatic heterocycles. The number of hydrogen-bond donors (Lipinski definition) is 1. The van der Waals surface area contributed by atoms with Gasteiger partial charge in [0.25, 0.3) is 5.91 Å². The predicted molar refractivity (Wildman–Crippen MR) is 93.3 cm³/mol. The number of amides is 1. The van der Waals surface area contributed by atoms with Gasteiger partial charge in [0, 0.05) is 11.8 Å². The van der Waals surface area contributed by atoms with E-state index in [2.05, 4.69) is 5.32 Å². The minimum Gasteiger partial charge on any atom is -0.479 e. The van der Waals surface area contributed by atoms with Gasteiger partial charge in [-0.05, 0) is 38.1 Å². The topological polar surface area (TPSA) is 83.1 Å². The zero-order valence-corrected chi connectivity index (χ0v) is 14.4. The van der Waals surface area contributed by atoms with Crippen LogP contribution < -0.4 is 19.5 Å². The van der Waals surface area contributed by atoms with Crippen molar-refractivity contribution >= 4 is 17.6 Å². The number of ether oxygens (including phenoxy) is 4. The average Bonchev–Trinajstić information content (AvgIpc) is 3.10. The molecule has 2 atom stereocenters. The van der Waals surface area contributed by atoms with E-state index in [4.69, 9.17) is 18.9 Å². The minimum absolute atomic E-state index is 0.153. The fourth-order valence-electron chi connectivity index (χ4n) is 2.29. The summed E-state index contributed by atoms with van der Waals surface area (Å²) < 4.78 is 21.1.